The molecule has 0 radical (unpaired) electrons. The van der Waals surface area contributed by atoms with Crippen molar-refractivity contribution >= 4 is 11.6 Å². The number of aromatic nitrogens is 1. The number of carbonyl (C=O) groups excluding carboxylic acids is 1. The van der Waals surface area contributed by atoms with Crippen LogP contribution in [0.2, 0.25) is 0 Å². The number of benzene rings is 1. The molecule has 0 bridgehead atoms. The van der Waals surface area contributed by atoms with Gasteiger partial charge < -0.3 is 15.7 Å². The van der Waals surface area contributed by atoms with Crippen LogP contribution >= 0.6 is 0 Å². The van der Waals surface area contributed by atoms with Gasteiger partial charge in [-0.25, -0.2) is 0 Å². The Morgan fingerprint density at radius 3 is 3.05 bits per heavy atom. The molecule has 5 nitrogen and oxygen atoms in total. The Bertz CT molecular complexity index is 655. The quantitative estimate of drug-likeness (QED) is 0.775. The number of hydrogen-bond acceptors (Lipinski definition) is 4. The molecule has 1 aromatic heterocycles. The number of fused-ring (bicyclic) bond motifs is 1. The van der Waals surface area contributed by atoms with Gasteiger partial charge >= 0.3 is 0 Å². The van der Waals surface area contributed by atoms with Gasteiger partial charge in [0.1, 0.15) is 5.75 Å². The second-order valence-corrected chi connectivity index (χ2v) is 4.76. The first-order valence-electron chi connectivity index (χ1n) is 6.51. The average Bonchev–Trinajstić information content (AvgIpc) is 2.47. The third-order valence-corrected chi connectivity index (χ3v) is 3.40. The van der Waals surface area contributed by atoms with E-state index in [1.807, 2.05) is 18.2 Å². The summed E-state index contributed by atoms with van der Waals surface area (Å²) in [5.74, 6) is -0.460. The Hall–Kier alpha value is -2.40. The lowest BCUT2D eigenvalue weighted by atomic mass is 10.0. The summed E-state index contributed by atoms with van der Waals surface area (Å²) < 4.78 is 0. The minimum absolute atomic E-state index is 0.121. The molecule has 0 fully saturated rings. The smallest absolute Gasteiger partial charge is 0.259 e. The van der Waals surface area contributed by atoms with Gasteiger partial charge in [0.2, 0.25) is 0 Å². The molecule has 0 unspecified atom stereocenters. The van der Waals surface area contributed by atoms with E-state index >= 15 is 0 Å². The number of anilines is 1. The second-order valence-electron chi connectivity index (χ2n) is 4.76. The number of hydrogen-bond donors (Lipinski definition) is 3. The Morgan fingerprint density at radius 1 is 1.30 bits per heavy atom. The predicted octanol–water partition coefficient (Wildman–Crippen LogP) is 1.69. The van der Waals surface area contributed by atoms with Crippen molar-refractivity contribution in [1.82, 2.24) is 10.3 Å². The lowest BCUT2D eigenvalue weighted by molar-refractivity contribution is 0.102. The maximum Gasteiger partial charge on any atom is 0.259 e. The van der Waals surface area contributed by atoms with Crippen LogP contribution in [0.5, 0.6) is 5.75 Å². The molecule has 1 aliphatic heterocycles. The van der Waals surface area contributed by atoms with Gasteiger partial charge in [-0.05, 0) is 42.3 Å². The third kappa shape index (κ3) is 2.48. The van der Waals surface area contributed by atoms with Crippen molar-refractivity contribution < 1.29 is 9.90 Å². The lowest BCUT2D eigenvalue weighted by Crippen LogP contribution is -2.23. The van der Waals surface area contributed by atoms with E-state index in [2.05, 4.69) is 15.6 Å². The van der Waals surface area contributed by atoms with Crippen LogP contribution in [0.1, 0.15) is 21.5 Å². The molecule has 0 aliphatic carbocycles. The summed E-state index contributed by atoms with van der Waals surface area (Å²) >= 11 is 0. The van der Waals surface area contributed by atoms with Gasteiger partial charge in [0.15, 0.2) is 0 Å². The fourth-order valence-corrected chi connectivity index (χ4v) is 2.33. The van der Waals surface area contributed by atoms with E-state index in [0.29, 0.717) is 0 Å². The van der Waals surface area contributed by atoms with Crippen molar-refractivity contribution in [3.05, 3.63) is 53.3 Å². The number of nitrogens with one attached hydrogen (secondary N) is 2. The highest BCUT2D eigenvalue weighted by atomic mass is 16.3. The maximum atomic E-state index is 12.1. The summed E-state index contributed by atoms with van der Waals surface area (Å²) in [6.45, 7) is 1.81. The molecule has 1 amide bonds. The zero-order valence-electron chi connectivity index (χ0n) is 10.9. The highest BCUT2D eigenvalue weighted by Gasteiger charge is 2.13. The van der Waals surface area contributed by atoms with Crippen LogP contribution in [-0.4, -0.2) is 22.5 Å². The van der Waals surface area contributed by atoms with Gasteiger partial charge in [-0.1, -0.05) is 6.07 Å². The van der Waals surface area contributed by atoms with Crippen LogP contribution in [0.4, 0.5) is 5.69 Å². The van der Waals surface area contributed by atoms with Crippen molar-refractivity contribution in [3.63, 3.8) is 0 Å². The Kier molecular flexibility index (Phi) is 3.35. The maximum absolute atomic E-state index is 12.1. The van der Waals surface area contributed by atoms with E-state index in [1.165, 1.54) is 29.6 Å². The Labute approximate surface area is 116 Å². The van der Waals surface area contributed by atoms with E-state index in [-0.39, 0.29) is 17.2 Å². The minimum atomic E-state index is -0.339. The van der Waals surface area contributed by atoms with Crippen LogP contribution in [-0.2, 0) is 13.0 Å². The molecule has 0 atom stereocenters. The van der Waals surface area contributed by atoms with E-state index in [4.69, 9.17) is 0 Å². The van der Waals surface area contributed by atoms with E-state index in [9.17, 15) is 9.90 Å². The fourth-order valence-electron chi connectivity index (χ4n) is 2.33. The fraction of sp³-hybridized carbons (Fsp3) is 0.200. The summed E-state index contributed by atoms with van der Waals surface area (Å²) in [5.41, 5.74) is 3.46. The van der Waals surface area contributed by atoms with Crippen molar-refractivity contribution in [2.75, 3.05) is 11.9 Å². The first kappa shape index (κ1) is 12.6. The molecule has 5 heteroatoms. The van der Waals surface area contributed by atoms with E-state index < -0.39 is 0 Å². The second kappa shape index (κ2) is 5.30. The van der Waals surface area contributed by atoms with Crippen molar-refractivity contribution in [2.45, 2.75) is 13.0 Å². The summed E-state index contributed by atoms with van der Waals surface area (Å²) in [5, 5.41) is 15.7. The molecule has 102 valence electrons. The number of amides is 1. The van der Waals surface area contributed by atoms with E-state index in [0.717, 1.165) is 25.2 Å². The molecule has 0 spiro atoms. The first-order chi connectivity index (χ1) is 9.74. The topological polar surface area (TPSA) is 74.2 Å². The molecule has 1 aromatic carbocycles. The van der Waals surface area contributed by atoms with Gasteiger partial charge in [0.05, 0.1) is 11.8 Å². The first-order valence-corrected chi connectivity index (χ1v) is 6.51. The van der Waals surface area contributed by atoms with Gasteiger partial charge in [-0.3, -0.25) is 9.78 Å². The Balaban J connectivity index is 1.81. The van der Waals surface area contributed by atoms with Crippen molar-refractivity contribution in [3.8, 4) is 5.75 Å². The molecule has 1 aliphatic rings. The molecular formula is C15H15N3O2. The third-order valence-electron chi connectivity index (χ3n) is 3.40. The minimum Gasteiger partial charge on any atom is -0.505 e. The highest BCUT2D eigenvalue weighted by molar-refractivity contribution is 6.06. The lowest BCUT2D eigenvalue weighted by Gasteiger charge is -2.18. The molecule has 3 N–H and O–H groups in total. The molecule has 2 heterocycles. The van der Waals surface area contributed by atoms with Crippen LogP contribution in [0.15, 0.2) is 36.7 Å². The van der Waals surface area contributed by atoms with Crippen LogP contribution < -0.4 is 10.6 Å². The van der Waals surface area contributed by atoms with Gasteiger partial charge in [0.25, 0.3) is 5.91 Å². The molecular weight excluding hydrogens is 254 g/mol. The predicted molar refractivity (Wildman–Crippen MR) is 75.7 cm³/mol. The summed E-state index contributed by atoms with van der Waals surface area (Å²) in [7, 11) is 0. The molecule has 0 saturated heterocycles. The number of carbonyl (C=O) groups is 1. The zero-order valence-corrected chi connectivity index (χ0v) is 10.9. The monoisotopic (exact) mass is 269 g/mol. The molecule has 0 saturated carbocycles. The normalized spacial score (nSPS) is 13.6. The van der Waals surface area contributed by atoms with Crippen LogP contribution in [0, 0.1) is 0 Å². The number of pyridine rings is 1. The average molecular weight is 269 g/mol. The van der Waals surface area contributed by atoms with Crippen molar-refractivity contribution in [2.24, 2.45) is 0 Å². The number of rotatable bonds is 2. The van der Waals surface area contributed by atoms with Crippen molar-refractivity contribution in [1.29, 1.82) is 0 Å². The summed E-state index contributed by atoms with van der Waals surface area (Å²) in [6.07, 6.45) is 3.74. The standard InChI is InChI=1S/C15H15N3O2/c19-14-9-17-6-4-13(14)15(20)18-12-2-1-10-3-5-16-8-11(10)7-12/h1-2,4,6-7,9,16,19H,3,5,8H2,(H,18,20). The van der Waals surface area contributed by atoms with Gasteiger partial charge in [-0.15, -0.1) is 0 Å². The van der Waals surface area contributed by atoms with Gasteiger partial charge in [-0.2, -0.15) is 0 Å². The van der Waals surface area contributed by atoms with Crippen LogP contribution in [0.3, 0.4) is 0 Å². The number of aromatic hydroxyl groups is 1. The molecule has 2 aromatic rings. The molecule has 20 heavy (non-hydrogen) atoms. The summed E-state index contributed by atoms with van der Waals surface area (Å²) in [4.78, 5) is 15.8. The number of nitrogens with zero attached hydrogens (tertiary/aromatic N) is 1. The zero-order chi connectivity index (χ0) is 13.9. The largest absolute Gasteiger partial charge is 0.505 e. The SMILES string of the molecule is O=C(Nc1ccc2c(c1)CNCC2)c1ccncc1O. The van der Waals surface area contributed by atoms with E-state index in [1.54, 1.807) is 0 Å². The highest BCUT2D eigenvalue weighted by Crippen LogP contribution is 2.21. The Morgan fingerprint density at radius 2 is 2.20 bits per heavy atom. The van der Waals surface area contributed by atoms with Crippen LogP contribution in [0.25, 0.3) is 0 Å². The van der Waals surface area contributed by atoms with Gasteiger partial charge in [0, 0.05) is 18.4 Å². The molecule has 3 rings (SSSR count). The summed E-state index contributed by atoms with van der Waals surface area (Å²) in [6, 6.07) is 7.39.